The smallest absolute Gasteiger partial charge is 0.145 e. The van der Waals surface area contributed by atoms with Gasteiger partial charge in [0.1, 0.15) is 11.9 Å². The van der Waals surface area contributed by atoms with E-state index in [1.165, 1.54) is 32.1 Å². The molecule has 0 aromatic carbocycles. The van der Waals surface area contributed by atoms with E-state index >= 15 is 0 Å². The van der Waals surface area contributed by atoms with E-state index in [1.54, 1.807) is 12.4 Å². The average Bonchev–Trinajstić information content (AvgIpc) is 2.34. The summed E-state index contributed by atoms with van der Waals surface area (Å²) in [5.41, 5.74) is 6.50. The molecule has 3 aliphatic rings. The Kier molecular flexibility index (Phi) is 2.46. The molecular formula is C13H18N2O. The molecule has 0 radical (unpaired) electrons. The number of hydrogen-bond acceptors (Lipinski definition) is 3. The lowest BCUT2D eigenvalue weighted by molar-refractivity contribution is 0.0205. The first-order valence-electron chi connectivity index (χ1n) is 6.19. The van der Waals surface area contributed by atoms with Gasteiger partial charge in [-0.1, -0.05) is 0 Å². The summed E-state index contributed by atoms with van der Waals surface area (Å²) in [6.07, 6.45) is 10.5. The number of rotatable bonds is 2. The summed E-state index contributed by atoms with van der Waals surface area (Å²) in [7, 11) is 0. The first-order chi connectivity index (χ1) is 7.83. The third-order valence-electron chi connectivity index (χ3n) is 4.07. The summed E-state index contributed by atoms with van der Waals surface area (Å²) in [5, 5.41) is 0. The Balaban J connectivity index is 1.73. The minimum atomic E-state index is 0.386. The van der Waals surface area contributed by atoms with E-state index in [1.807, 2.05) is 6.07 Å². The van der Waals surface area contributed by atoms with E-state index in [0.29, 0.717) is 11.8 Å². The normalized spacial score (nSPS) is 32.6. The number of ether oxygens (including phenoxy) is 1. The van der Waals surface area contributed by atoms with Crippen molar-refractivity contribution in [1.82, 2.24) is 4.98 Å². The number of nitrogens with zero attached hydrogens (tertiary/aromatic N) is 1. The fourth-order valence-corrected chi connectivity index (χ4v) is 3.13. The number of fused-ring (bicyclic) bond motifs is 3. The molecule has 3 nitrogen and oxygen atoms in total. The average molecular weight is 218 g/mol. The molecule has 0 amide bonds. The largest absolute Gasteiger partial charge is 0.488 e. The summed E-state index contributed by atoms with van der Waals surface area (Å²) >= 11 is 0. The molecule has 86 valence electrons. The molecule has 0 saturated heterocycles. The number of hydrogen-bond donors (Lipinski definition) is 1. The Morgan fingerprint density at radius 3 is 2.69 bits per heavy atom. The van der Waals surface area contributed by atoms with E-state index in [0.717, 1.165) is 17.6 Å². The van der Waals surface area contributed by atoms with E-state index < -0.39 is 0 Å². The van der Waals surface area contributed by atoms with Crippen LogP contribution >= 0.6 is 0 Å². The standard InChI is InChI=1S/C13H18N2O/c14-11-8-15-6-5-12(11)16-13-7-9-1-3-10(13)4-2-9/h5-6,8-10,13H,1-4,7,14H2. The van der Waals surface area contributed by atoms with Gasteiger partial charge in [-0.05, 0) is 43.9 Å². The van der Waals surface area contributed by atoms with Crippen LogP contribution in [0.4, 0.5) is 5.69 Å². The predicted molar refractivity (Wildman–Crippen MR) is 63.1 cm³/mol. The van der Waals surface area contributed by atoms with Crippen LogP contribution in [0.25, 0.3) is 0 Å². The lowest BCUT2D eigenvalue weighted by Crippen LogP contribution is -2.39. The Labute approximate surface area is 96.0 Å². The molecule has 3 fully saturated rings. The zero-order chi connectivity index (χ0) is 11.0. The number of aromatic nitrogens is 1. The zero-order valence-electron chi connectivity index (χ0n) is 9.43. The first-order valence-corrected chi connectivity index (χ1v) is 6.19. The second kappa shape index (κ2) is 3.96. The molecule has 3 heteroatoms. The van der Waals surface area contributed by atoms with E-state index in [-0.39, 0.29) is 0 Å². The Morgan fingerprint density at radius 2 is 2.06 bits per heavy atom. The van der Waals surface area contributed by atoms with Crippen LogP contribution in [0.15, 0.2) is 18.5 Å². The summed E-state index contributed by atoms with van der Waals surface area (Å²) < 4.78 is 6.06. The maximum atomic E-state index is 6.06. The summed E-state index contributed by atoms with van der Waals surface area (Å²) in [4.78, 5) is 3.98. The second-order valence-electron chi connectivity index (χ2n) is 5.09. The van der Waals surface area contributed by atoms with Crippen molar-refractivity contribution in [3.8, 4) is 5.75 Å². The molecule has 0 aliphatic heterocycles. The van der Waals surface area contributed by atoms with Crippen molar-refractivity contribution >= 4 is 5.69 Å². The molecule has 3 aliphatic carbocycles. The molecule has 2 N–H and O–H groups in total. The van der Waals surface area contributed by atoms with Crippen LogP contribution in [0, 0.1) is 11.8 Å². The lowest BCUT2D eigenvalue weighted by Gasteiger charge is -2.42. The van der Waals surface area contributed by atoms with Crippen LogP contribution in [0.3, 0.4) is 0 Å². The van der Waals surface area contributed by atoms with Gasteiger partial charge >= 0.3 is 0 Å². The van der Waals surface area contributed by atoms with Crippen molar-refractivity contribution in [2.24, 2.45) is 11.8 Å². The van der Waals surface area contributed by atoms with Crippen molar-refractivity contribution in [1.29, 1.82) is 0 Å². The molecule has 1 aromatic heterocycles. The Morgan fingerprint density at radius 1 is 1.25 bits per heavy atom. The minimum absolute atomic E-state index is 0.386. The second-order valence-corrected chi connectivity index (χ2v) is 5.09. The third-order valence-corrected chi connectivity index (χ3v) is 4.07. The molecule has 0 spiro atoms. The van der Waals surface area contributed by atoms with E-state index in [9.17, 15) is 0 Å². The third kappa shape index (κ3) is 1.75. The van der Waals surface area contributed by atoms with Crippen LogP contribution in [0.1, 0.15) is 32.1 Å². The molecule has 3 saturated carbocycles. The topological polar surface area (TPSA) is 48.1 Å². The number of nitrogen functional groups attached to an aromatic ring is 1. The van der Waals surface area contributed by atoms with Gasteiger partial charge in [0.2, 0.25) is 0 Å². The maximum Gasteiger partial charge on any atom is 0.145 e. The van der Waals surface area contributed by atoms with Crippen LogP contribution < -0.4 is 10.5 Å². The molecule has 1 aromatic rings. The maximum absolute atomic E-state index is 6.06. The monoisotopic (exact) mass is 218 g/mol. The summed E-state index contributed by atoms with van der Waals surface area (Å²) in [5.74, 6) is 2.45. The van der Waals surface area contributed by atoms with Gasteiger partial charge < -0.3 is 10.5 Å². The van der Waals surface area contributed by atoms with Gasteiger partial charge in [-0.25, -0.2) is 0 Å². The highest BCUT2D eigenvalue weighted by molar-refractivity contribution is 5.49. The predicted octanol–water partition coefficient (Wildman–Crippen LogP) is 2.62. The summed E-state index contributed by atoms with van der Waals surface area (Å²) in [6.45, 7) is 0. The van der Waals surface area contributed by atoms with Gasteiger partial charge in [0.05, 0.1) is 11.9 Å². The number of nitrogens with two attached hydrogens (primary N) is 1. The Bertz CT molecular complexity index is 372. The van der Waals surface area contributed by atoms with Crippen LogP contribution in [-0.4, -0.2) is 11.1 Å². The van der Waals surface area contributed by atoms with Gasteiger partial charge in [0.25, 0.3) is 0 Å². The quantitative estimate of drug-likeness (QED) is 0.830. The number of pyridine rings is 1. The van der Waals surface area contributed by atoms with Crippen molar-refractivity contribution < 1.29 is 4.74 Å². The molecule has 1 heterocycles. The Hall–Kier alpha value is -1.25. The molecule has 1 atom stereocenters. The van der Waals surface area contributed by atoms with Gasteiger partial charge in [-0.2, -0.15) is 0 Å². The fourth-order valence-electron chi connectivity index (χ4n) is 3.13. The molecule has 1 unspecified atom stereocenters. The SMILES string of the molecule is Nc1cnccc1OC1CC2CCC1CC2. The highest BCUT2D eigenvalue weighted by Crippen LogP contribution is 2.43. The fraction of sp³-hybridized carbons (Fsp3) is 0.615. The zero-order valence-corrected chi connectivity index (χ0v) is 9.43. The highest BCUT2D eigenvalue weighted by atomic mass is 16.5. The molecule has 2 bridgehead atoms. The number of anilines is 1. The molecule has 4 rings (SSSR count). The van der Waals surface area contributed by atoms with Gasteiger partial charge in [0.15, 0.2) is 0 Å². The van der Waals surface area contributed by atoms with Crippen molar-refractivity contribution in [3.63, 3.8) is 0 Å². The van der Waals surface area contributed by atoms with Gasteiger partial charge in [-0.3, -0.25) is 4.98 Å². The lowest BCUT2D eigenvalue weighted by atomic mass is 9.69. The summed E-state index contributed by atoms with van der Waals surface area (Å²) in [6, 6.07) is 1.87. The van der Waals surface area contributed by atoms with Crippen LogP contribution in [0.5, 0.6) is 5.75 Å². The van der Waals surface area contributed by atoms with E-state index in [2.05, 4.69) is 4.98 Å². The van der Waals surface area contributed by atoms with Crippen LogP contribution in [-0.2, 0) is 0 Å². The van der Waals surface area contributed by atoms with Gasteiger partial charge in [-0.15, -0.1) is 0 Å². The van der Waals surface area contributed by atoms with Crippen LogP contribution in [0.2, 0.25) is 0 Å². The van der Waals surface area contributed by atoms with Crippen molar-refractivity contribution in [2.45, 2.75) is 38.2 Å². The molecule has 16 heavy (non-hydrogen) atoms. The minimum Gasteiger partial charge on any atom is -0.488 e. The van der Waals surface area contributed by atoms with Crippen molar-refractivity contribution in [2.75, 3.05) is 5.73 Å². The van der Waals surface area contributed by atoms with Crippen molar-refractivity contribution in [3.05, 3.63) is 18.5 Å². The van der Waals surface area contributed by atoms with E-state index in [4.69, 9.17) is 10.5 Å². The first kappa shape index (κ1) is 9.94. The molecular weight excluding hydrogens is 200 g/mol. The van der Waals surface area contributed by atoms with Gasteiger partial charge in [0, 0.05) is 12.3 Å². The highest BCUT2D eigenvalue weighted by Gasteiger charge is 2.37.